The Morgan fingerprint density at radius 1 is 1.05 bits per heavy atom. The quantitative estimate of drug-likeness (QED) is 0.751. The van der Waals surface area contributed by atoms with Crippen molar-refractivity contribution in [2.24, 2.45) is 0 Å². The standard InChI is InChI=1S/C17H19FO/c1-3-7-15(13-8-5-4-6-9-13)14-10-11-17(19-2)16(18)12-14/h4-6,8-12,15H,3,7H2,1-2H3. The molecule has 0 aliphatic rings. The minimum absolute atomic E-state index is 0.242. The van der Waals surface area contributed by atoms with Crippen molar-refractivity contribution in [3.05, 3.63) is 65.5 Å². The summed E-state index contributed by atoms with van der Waals surface area (Å²) < 4.78 is 18.8. The van der Waals surface area contributed by atoms with Crippen molar-refractivity contribution < 1.29 is 9.13 Å². The van der Waals surface area contributed by atoms with Gasteiger partial charge >= 0.3 is 0 Å². The minimum atomic E-state index is -0.294. The molecule has 0 saturated heterocycles. The summed E-state index contributed by atoms with van der Waals surface area (Å²) in [5.74, 6) is 0.246. The Morgan fingerprint density at radius 2 is 1.79 bits per heavy atom. The van der Waals surface area contributed by atoms with Crippen LogP contribution in [0.1, 0.15) is 36.8 Å². The van der Waals surface area contributed by atoms with Crippen LogP contribution >= 0.6 is 0 Å². The maximum absolute atomic E-state index is 13.8. The van der Waals surface area contributed by atoms with Gasteiger partial charge in [0.1, 0.15) is 0 Å². The molecule has 0 bridgehead atoms. The predicted octanol–water partition coefficient (Wildman–Crippen LogP) is 4.77. The van der Waals surface area contributed by atoms with Crippen LogP contribution in [-0.2, 0) is 0 Å². The van der Waals surface area contributed by atoms with E-state index in [1.54, 1.807) is 12.1 Å². The topological polar surface area (TPSA) is 9.23 Å². The summed E-state index contributed by atoms with van der Waals surface area (Å²) in [7, 11) is 1.48. The molecule has 2 heteroatoms. The summed E-state index contributed by atoms with van der Waals surface area (Å²) >= 11 is 0. The van der Waals surface area contributed by atoms with E-state index in [0.29, 0.717) is 5.75 Å². The smallest absolute Gasteiger partial charge is 0.165 e. The third-order valence-electron chi connectivity index (χ3n) is 3.36. The van der Waals surface area contributed by atoms with E-state index in [9.17, 15) is 4.39 Å². The molecule has 2 aromatic rings. The Morgan fingerprint density at radius 3 is 2.37 bits per heavy atom. The molecule has 0 heterocycles. The Kier molecular flexibility index (Phi) is 4.56. The van der Waals surface area contributed by atoms with E-state index in [4.69, 9.17) is 4.74 Å². The first-order valence-corrected chi connectivity index (χ1v) is 6.64. The molecular formula is C17H19FO. The fraction of sp³-hybridized carbons (Fsp3) is 0.294. The first-order valence-electron chi connectivity index (χ1n) is 6.64. The molecule has 1 atom stereocenters. The van der Waals surface area contributed by atoms with Crippen LogP contribution in [0.5, 0.6) is 5.75 Å². The Balaban J connectivity index is 2.37. The first kappa shape index (κ1) is 13.6. The van der Waals surface area contributed by atoms with E-state index in [1.807, 2.05) is 24.3 Å². The lowest BCUT2D eigenvalue weighted by Crippen LogP contribution is -2.02. The molecule has 0 N–H and O–H groups in total. The zero-order chi connectivity index (χ0) is 13.7. The highest BCUT2D eigenvalue weighted by Crippen LogP contribution is 2.31. The predicted molar refractivity (Wildman–Crippen MR) is 76.1 cm³/mol. The van der Waals surface area contributed by atoms with Gasteiger partial charge in [-0.15, -0.1) is 0 Å². The van der Waals surface area contributed by atoms with Crippen LogP contribution < -0.4 is 4.74 Å². The molecule has 0 fully saturated rings. The monoisotopic (exact) mass is 258 g/mol. The number of hydrogen-bond donors (Lipinski definition) is 0. The van der Waals surface area contributed by atoms with Gasteiger partial charge < -0.3 is 4.74 Å². The van der Waals surface area contributed by atoms with Gasteiger partial charge in [-0.25, -0.2) is 4.39 Å². The van der Waals surface area contributed by atoms with Gasteiger partial charge in [-0.1, -0.05) is 49.7 Å². The van der Waals surface area contributed by atoms with Crippen molar-refractivity contribution >= 4 is 0 Å². The molecule has 0 aliphatic carbocycles. The molecule has 0 aromatic heterocycles. The summed E-state index contributed by atoms with van der Waals surface area (Å²) in [6.07, 6.45) is 2.07. The second kappa shape index (κ2) is 6.37. The second-order valence-corrected chi connectivity index (χ2v) is 4.65. The molecule has 19 heavy (non-hydrogen) atoms. The van der Waals surface area contributed by atoms with Gasteiger partial charge in [-0.05, 0) is 29.7 Å². The Hall–Kier alpha value is -1.83. The lowest BCUT2D eigenvalue weighted by molar-refractivity contribution is 0.386. The van der Waals surface area contributed by atoms with Crippen LogP contribution in [0.4, 0.5) is 4.39 Å². The second-order valence-electron chi connectivity index (χ2n) is 4.65. The Labute approximate surface area is 114 Å². The van der Waals surface area contributed by atoms with Crippen molar-refractivity contribution in [3.63, 3.8) is 0 Å². The van der Waals surface area contributed by atoms with Gasteiger partial charge in [0.25, 0.3) is 0 Å². The SMILES string of the molecule is CCCC(c1ccccc1)c1ccc(OC)c(F)c1. The fourth-order valence-corrected chi connectivity index (χ4v) is 2.40. The average Bonchev–Trinajstić information content (AvgIpc) is 2.45. The molecule has 0 amide bonds. The largest absolute Gasteiger partial charge is 0.494 e. The maximum atomic E-state index is 13.8. The van der Waals surface area contributed by atoms with E-state index in [1.165, 1.54) is 12.7 Å². The van der Waals surface area contributed by atoms with Crippen molar-refractivity contribution in [3.8, 4) is 5.75 Å². The van der Waals surface area contributed by atoms with Crippen LogP contribution in [0.3, 0.4) is 0 Å². The highest BCUT2D eigenvalue weighted by atomic mass is 19.1. The lowest BCUT2D eigenvalue weighted by atomic mass is 9.87. The molecule has 0 spiro atoms. The summed E-state index contributed by atoms with van der Waals surface area (Å²) in [6, 6.07) is 15.5. The fourth-order valence-electron chi connectivity index (χ4n) is 2.40. The van der Waals surface area contributed by atoms with Gasteiger partial charge in [0.2, 0.25) is 0 Å². The van der Waals surface area contributed by atoms with Crippen LogP contribution in [0.2, 0.25) is 0 Å². The Bertz CT molecular complexity index is 522. The van der Waals surface area contributed by atoms with E-state index < -0.39 is 0 Å². The highest BCUT2D eigenvalue weighted by molar-refractivity contribution is 5.36. The van der Waals surface area contributed by atoms with Gasteiger partial charge in [-0.2, -0.15) is 0 Å². The van der Waals surface area contributed by atoms with Crippen LogP contribution in [0, 0.1) is 5.82 Å². The molecule has 1 unspecified atom stereocenters. The number of benzene rings is 2. The number of rotatable bonds is 5. The number of hydrogen-bond acceptors (Lipinski definition) is 1. The molecule has 0 radical (unpaired) electrons. The summed E-state index contributed by atoms with van der Waals surface area (Å²) in [6.45, 7) is 2.15. The van der Waals surface area contributed by atoms with Gasteiger partial charge in [-0.3, -0.25) is 0 Å². The number of ether oxygens (including phenoxy) is 1. The maximum Gasteiger partial charge on any atom is 0.165 e. The first-order chi connectivity index (χ1) is 9.26. The van der Waals surface area contributed by atoms with Crippen molar-refractivity contribution in [2.75, 3.05) is 7.11 Å². The van der Waals surface area contributed by atoms with Crippen molar-refractivity contribution in [1.82, 2.24) is 0 Å². The zero-order valence-electron chi connectivity index (χ0n) is 11.4. The molecule has 0 aliphatic heterocycles. The van der Waals surface area contributed by atoms with Crippen molar-refractivity contribution in [1.29, 1.82) is 0 Å². The average molecular weight is 258 g/mol. The van der Waals surface area contributed by atoms with E-state index in [2.05, 4.69) is 19.1 Å². The zero-order valence-corrected chi connectivity index (χ0v) is 11.4. The van der Waals surface area contributed by atoms with E-state index in [-0.39, 0.29) is 11.7 Å². The molecule has 100 valence electrons. The molecule has 2 aromatic carbocycles. The number of halogens is 1. The third kappa shape index (κ3) is 3.14. The van der Waals surface area contributed by atoms with Gasteiger partial charge in [0, 0.05) is 5.92 Å². The van der Waals surface area contributed by atoms with Gasteiger partial charge in [0.05, 0.1) is 7.11 Å². The normalized spacial score (nSPS) is 12.2. The number of methoxy groups -OCH3 is 1. The summed E-state index contributed by atoms with van der Waals surface area (Å²) in [4.78, 5) is 0. The van der Waals surface area contributed by atoms with E-state index in [0.717, 1.165) is 18.4 Å². The molecular weight excluding hydrogens is 239 g/mol. The van der Waals surface area contributed by atoms with Crippen molar-refractivity contribution in [2.45, 2.75) is 25.7 Å². The lowest BCUT2D eigenvalue weighted by Gasteiger charge is -2.18. The third-order valence-corrected chi connectivity index (χ3v) is 3.36. The highest BCUT2D eigenvalue weighted by Gasteiger charge is 2.15. The minimum Gasteiger partial charge on any atom is -0.494 e. The van der Waals surface area contributed by atoms with Crippen LogP contribution in [0.25, 0.3) is 0 Å². The molecule has 1 nitrogen and oxygen atoms in total. The van der Waals surface area contributed by atoms with Gasteiger partial charge in [0.15, 0.2) is 11.6 Å². The summed E-state index contributed by atoms with van der Waals surface area (Å²) in [5, 5.41) is 0. The molecule has 0 saturated carbocycles. The van der Waals surface area contributed by atoms with Crippen LogP contribution in [0.15, 0.2) is 48.5 Å². The molecule has 2 rings (SSSR count). The van der Waals surface area contributed by atoms with Crippen LogP contribution in [-0.4, -0.2) is 7.11 Å². The summed E-state index contributed by atoms with van der Waals surface area (Å²) in [5.41, 5.74) is 2.24. The van der Waals surface area contributed by atoms with E-state index >= 15 is 0 Å².